The van der Waals surface area contributed by atoms with Gasteiger partial charge in [-0.15, -0.1) is 0 Å². The van der Waals surface area contributed by atoms with Crippen LogP contribution in [0.15, 0.2) is 0 Å². The van der Waals surface area contributed by atoms with Crippen molar-refractivity contribution in [3.05, 3.63) is 0 Å². The van der Waals surface area contributed by atoms with E-state index in [1.165, 1.54) is 0 Å². The van der Waals surface area contributed by atoms with E-state index >= 15 is 0 Å². The highest BCUT2D eigenvalue weighted by atomic mass is 16.2. The van der Waals surface area contributed by atoms with Crippen molar-refractivity contribution < 1.29 is 4.79 Å². The molecule has 0 spiro atoms. The third-order valence-corrected chi connectivity index (χ3v) is 2.87. The Morgan fingerprint density at radius 3 is 1.50 bits per heavy atom. The molecule has 0 aromatic heterocycles. The fourth-order valence-electron chi connectivity index (χ4n) is 1.85. The lowest BCUT2D eigenvalue weighted by Gasteiger charge is -2.26. The number of hydrogen-bond acceptors (Lipinski definition) is 3. The molecule has 0 aromatic carbocycles. The molecule has 4 nitrogen and oxygen atoms in total. The van der Waals surface area contributed by atoms with Crippen LogP contribution in [0.4, 0.5) is 0 Å². The Morgan fingerprint density at radius 2 is 1.22 bits per heavy atom. The summed E-state index contributed by atoms with van der Waals surface area (Å²) in [4.78, 5) is 18.4. The van der Waals surface area contributed by atoms with Crippen LogP contribution in [0.2, 0.25) is 0 Å². The van der Waals surface area contributed by atoms with Crippen LogP contribution >= 0.6 is 0 Å². The predicted molar refractivity (Wildman–Crippen MR) is 77.8 cm³/mol. The third-order valence-electron chi connectivity index (χ3n) is 2.87. The largest absolute Gasteiger partial charge is 0.342 e. The van der Waals surface area contributed by atoms with Crippen LogP contribution in [-0.2, 0) is 4.79 Å². The fourth-order valence-corrected chi connectivity index (χ4v) is 1.85. The van der Waals surface area contributed by atoms with Gasteiger partial charge in [-0.1, -0.05) is 13.8 Å². The molecule has 0 aliphatic heterocycles. The van der Waals surface area contributed by atoms with Crippen molar-refractivity contribution >= 4 is 5.91 Å². The molecule has 0 fully saturated rings. The molecular formula is C14H31N3O. The maximum Gasteiger partial charge on any atom is 0.225 e. The first-order valence-corrected chi connectivity index (χ1v) is 6.92. The lowest BCUT2D eigenvalue weighted by atomic mass is 10.1. The van der Waals surface area contributed by atoms with Gasteiger partial charge >= 0.3 is 0 Å². The van der Waals surface area contributed by atoms with E-state index in [0.29, 0.717) is 0 Å². The van der Waals surface area contributed by atoms with Gasteiger partial charge in [0.1, 0.15) is 0 Å². The molecule has 0 saturated carbocycles. The van der Waals surface area contributed by atoms with Gasteiger partial charge in [-0.3, -0.25) is 4.79 Å². The topological polar surface area (TPSA) is 26.8 Å². The second kappa shape index (κ2) is 9.34. The van der Waals surface area contributed by atoms with Gasteiger partial charge in [-0.25, -0.2) is 0 Å². The van der Waals surface area contributed by atoms with Gasteiger partial charge in [-0.05, 0) is 54.1 Å². The minimum absolute atomic E-state index is 0.101. The minimum atomic E-state index is 0.101. The molecule has 0 atom stereocenters. The molecule has 0 heterocycles. The first kappa shape index (κ1) is 17.4. The molecule has 1 amide bonds. The van der Waals surface area contributed by atoms with E-state index in [0.717, 1.165) is 39.0 Å². The first-order valence-electron chi connectivity index (χ1n) is 6.92. The molecule has 108 valence electrons. The van der Waals surface area contributed by atoms with E-state index in [2.05, 4.69) is 38.0 Å². The van der Waals surface area contributed by atoms with E-state index in [1.54, 1.807) is 0 Å². The van der Waals surface area contributed by atoms with E-state index in [9.17, 15) is 4.79 Å². The van der Waals surface area contributed by atoms with Crippen LogP contribution in [-0.4, -0.2) is 75.0 Å². The number of nitrogens with zero attached hydrogens (tertiary/aromatic N) is 3. The van der Waals surface area contributed by atoms with Crippen molar-refractivity contribution in [1.82, 2.24) is 14.7 Å². The smallest absolute Gasteiger partial charge is 0.225 e. The summed E-state index contributed by atoms with van der Waals surface area (Å²) >= 11 is 0. The number of rotatable bonds is 9. The van der Waals surface area contributed by atoms with Crippen LogP contribution in [0.3, 0.4) is 0 Å². The SMILES string of the molecule is CC(C)C(=O)N(CCCN(C)C)CCCN(C)C. The zero-order valence-corrected chi connectivity index (χ0v) is 13.1. The van der Waals surface area contributed by atoms with Gasteiger partial charge in [0.15, 0.2) is 0 Å². The van der Waals surface area contributed by atoms with Gasteiger partial charge in [0.05, 0.1) is 0 Å². The van der Waals surface area contributed by atoms with Crippen molar-refractivity contribution in [2.45, 2.75) is 26.7 Å². The summed E-state index contributed by atoms with van der Waals surface area (Å²) in [5.74, 6) is 0.385. The van der Waals surface area contributed by atoms with Crippen molar-refractivity contribution in [3.63, 3.8) is 0 Å². The van der Waals surface area contributed by atoms with Crippen molar-refractivity contribution in [1.29, 1.82) is 0 Å². The highest BCUT2D eigenvalue weighted by Gasteiger charge is 2.16. The first-order chi connectivity index (χ1) is 8.34. The molecule has 18 heavy (non-hydrogen) atoms. The Hall–Kier alpha value is -0.610. The van der Waals surface area contributed by atoms with Gasteiger partial charge in [0, 0.05) is 19.0 Å². The molecule has 0 aliphatic carbocycles. The van der Waals surface area contributed by atoms with Crippen LogP contribution in [0.1, 0.15) is 26.7 Å². The molecule has 0 N–H and O–H groups in total. The Labute approximate surface area is 113 Å². The second-order valence-electron chi connectivity index (χ2n) is 5.79. The van der Waals surface area contributed by atoms with Crippen LogP contribution in [0.5, 0.6) is 0 Å². The lowest BCUT2D eigenvalue weighted by Crippen LogP contribution is -2.37. The summed E-state index contributed by atoms with van der Waals surface area (Å²) < 4.78 is 0. The molecule has 0 bridgehead atoms. The summed E-state index contributed by atoms with van der Waals surface area (Å²) in [6.45, 7) is 7.79. The van der Waals surface area contributed by atoms with Crippen LogP contribution < -0.4 is 0 Å². The average Bonchev–Trinajstić information content (AvgIpc) is 2.25. The van der Waals surface area contributed by atoms with Gasteiger partial charge in [0.2, 0.25) is 5.91 Å². The standard InChI is InChI=1S/C14H31N3O/c1-13(2)14(18)17(11-7-9-15(3)4)12-8-10-16(5)6/h13H,7-12H2,1-6H3. The number of carbonyl (C=O) groups excluding carboxylic acids is 1. The fraction of sp³-hybridized carbons (Fsp3) is 0.929. The molecule has 4 heteroatoms. The van der Waals surface area contributed by atoms with E-state index in [1.807, 2.05) is 18.7 Å². The van der Waals surface area contributed by atoms with Crippen LogP contribution in [0, 0.1) is 5.92 Å². The van der Waals surface area contributed by atoms with Crippen molar-refractivity contribution in [3.8, 4) is 0 Å². The summed E-state index contributed by atoms with van der Waals surface area (Å²) in [6.07, 6.45) is 2.10. The minimum Gasteiger partial charge on any atom is -0.342 e. The average molecular weight is 257 g/mol. The molecule has 0 unspecified atom stereocenters. The van der Waals surface area contributed by atoms with Gasteiger partial charge < -0.3 is 14.7 Å². The normalized spacial score (nSPS) is 11.6. The Balaban J connectivity index is 4.12. The summed E-state index contributed by atoms with van der Waals surface area (Å²) in [5.41, 5.74) is 0. The molecule has 0 aliphatic rings. The number of amides is 1. The highest BCUT2D eigenvalue weighted by Crippen LogP contribution is 2.04. The van der Waals surface area contributed by atoms with E-state index < -0.39 is 0 Å². The molecular weight excluding hydrogens is 226 g/mol. The van der Waals surface area contributed by atoms with Crippen molar-refractivity contribution in [2.24, 2.45) is 5.92 Å². The molecule has 0 aromatic rings. The predicted octanol–water partition coefficient (Wildman–Crippen LogP) is 1.37. The molecule has 0 rings (SSSR count). The van der Waals surface area contributed by atoms with Crippen LogP contribution in [0.25, 0.3) is 0 Å². The maximum atomic E-state index is 12.1. The Bertz CT molecular complexity index is 213. The lowest BCUT2D eigenvalue weighted by molar-refractivity contribution is -0.134. The number of hydrogen-bond donors (Lipinski definition) is 0. The maximum absolute atomic E-state index is 12.1. The zero-order valence-electron chi connectivity index (χ0n) is 13.1. The zero-order chi connectivity index (χ0) is 14.1. The molecule has 0 radical (unpaired) electrons. The second-order valence-corrected chi connectivity index (χ2v) is 5.79. The third kappa shape index (κ3) is 8.48. The van der Waals surface area contributed by atoms with Gasteiger partial charge in [-0.2, -0.15) is 0 Å². The van der Waals surface area contributed by atoms with E-state index in [4.69, 9.17) is 0 Å². The summed E-state index contributed by atoms with van der Waals surface area (Å²) in [5, 5.41) is 0. The quantitative estimate of drug-likeness (QED) is 0.624. The summed E-state index contributed by atoms with van der Waals surface area (Å²) in [7, 11) is 8.28. The van der Waals surface area contributed by atoms with Gasteiger partial charge in [0.25, 0.3) is 0 Å². The Morgan fingerprint density at radius 1 is 0.833 bits per heavy atom. The number of carbonyl (C=O) groups is 1. The van der Waals surface area contributed by atoms with E-state index in [-0.39, 0.29) is 11.8 Å². The monoisotopic (exact) mass is 257 g/mol. The van der Waals surface area contributed by atoms with Crippen molar-refractivity contribution in [2.75, 3.05) is 54.4 Å². The molecule has 0 saturated heterocycles. The Kier molecular flexibility index (Phi) is 9.02. The summed E-state index contributed by atoms with van der Waals surface area (Å²) in [6, 6.07) is 0. The highest BCUT2D eigenvalue weighted by molar-refractivity contribution is 5.78.